The van der Waals surface area contributed by atoms with Crippen LogP contribution < -0.4 is 19.1 Å². The third-order valence-corrected chi connectivity index (χ3v) is 8.66. The molecule has 1 fully saturated rings. The van der Waals surface area contributed by atoms with E-state index in [1.54, 1.807) is 36.4 Å². The molecule has 5 rings (SSSR count). The molecule has 200 valence electrons. The minimum Gasteiger partial charge on any atom is -0.486 e. The molecule has 3 aromatic rings. The van der Waals surface area contributed by atoms with Crippen LogP contribution in [0.4, 0.5) is 5.69 Å². The Kier molecular flexibility index (Phi) is 8.14. The summed E-state index contributed by atoms with van der Waals surface area (Å²) in [5.74, 6) is 0.605. The molecule has 2 aliphatic rings. The molecule has 1 N–H and O–H groups in total. The number of amides is 1. The van der Waals surface area contributed by atoms with Gasteiger partial charge in [0.05, 0.1) is 10.6 Å². The van der Waals surface area contributed by atoms with Crippen molar-refractivity contribution in [3.8, 4) is 11.5 Å². The molecule has 0 radical (unpaired) electrons. The van der Waals surface area contributed by atoms with Gasteiger partial charge in [0.1, 0.15) is 19.8 Å². The smallest absolute Gasteiger partial charge is 0.264 e. The molecule has 0 unspecified atom stereocenters. The lowest BCUT2D eigenvalue weighted by Crippen LogP contribution is -2.41. The van der Waals surface area contributed by atoms with Gasteiger partial charge in [-0.25, -0.2) is 8.42 Å². The fraction of sp³-hybridized carbons (Fsp3) is 0.345. The van der Waals surface area contributed by atoms with Crippen LogP contribution in [0, 0.1) is 0 Å². The van der Waals surface area contributed by atoms with Crippen LogP contribution in [0.2, 0.25) is 0 Å². The van der Waals surface area contributed by atoms with Crippen LogP contribution in [0.5, 0.6) is 11.5 Å². The zero-order valence-corrected chi connectivity index (χ0v) is 22.2. The number of fused-ring (bicyclic) bond motifs is 1. The van der Waals surface area contributed by atoms with E-state index in [-0.39, 0.29) is 11.4 Å². The number of anilines is 1. The van der Waals surface area contributed by atoms with Crippen LogP contribution >= 0.6 is 0 Å². The molecular weight excluding hydrogens is 502 g/mol. The number of carbonyl (C=O) groups excluding carboxylic acids is 1. The molecule has 0 spiro atoms. The number of hydrogen-bond acceptors (Lipinski definition) is 6. The van der Waals surface area contributed by atoms with Crippen molar-refractivity contribution < 1.29 is 22.7 Å². The third-order valence-electron chi connectivity index (χ3n) is 6.87. The lowest BCUT2D eigenvalue weighted by atomic mass is 10.0. The van der Waals surface area contributed by atoms with Gasteiger partial charge in [0.15, 0.2) is 11.5 Å². The number of piperidine rings is 1. The zero-order valence-electron chi connectivity index (χ0n) is 21.3. The standard InChI is InChI=1S/C29H33N3O5S/c33-29(30-20-23-9-5-6-10-24(23)21-31-15-7-2-8-16-31)22-32(38(34,35)26-11-3-1-4-12-26)25-13-14-27-28(19-25)37-18-17-36-27/h1,3-6,9-14,19H,2,7-8,15-18,20-22H2,(H,30,33). The summed E-state index contributed by atoms with van der Waals surface area (Å²) in [6.07, 6.45) is 3.70. The highest BCUT2D eigenvalue weighted by Crippen LogP contribution is 2.35. The summed E-state index contributed by atoms with van der Waals surface area (Å²) in [6, 6.07) is 21.1. The van der Waals surface area contributed by atoms with E-state index in [1.165, 1.54) is 37.0 Å². The van der Waals surface area contributed by atoms with Crippen molar-refractivity contribution in [1.82, 2.24) is 10.2 Å². The number of sulfonamides is 1. The van der Waals surface area contributed by atoms with Crippen molar-refractivity contribution in [3.63, 3.8) is 0 Å². The largest absolute Gasteiger partial charge is 0.486 e. The predicted octanol–water partition coefficient (Wildman–Crippen LogP) is 3.96. The van der Waals surface area contributed by atoms with E-state index in [4.69, 9.17) is 9.47 Å². The average Bonchev–Trinajstić information content (AvgIpc) is 2.96. The van der Waals surface area contributed by atoms with Gasteiger partial charge in [-0.05, 0) is 61.3 Å². The van der Waals surface area contributed by atoms with Crippen LogP contribution in [0.25, 0.3) is 0 Å². The molecule has 8 nitrogen and oxygen atoms in total. The van der Waals surface area contributed by atoms with E-state index < -0.39 is 15.9 Å². The van der Waals surface area contributed by atoms with Crippen LogP contribution in [0.15, 0.2) is 77.7 Å². The Morgan fingerprint density at radius 1 is 0.842 bits per heavy atom. The number of nitrogens with zero attached hydrogens (tertiary/aromatic N) is 2. The fourth-order valence-electron chi connectivity index (χ4n) is 4.84. The van der Waals surface area contributed by atoms with Gasteiger partial charge >= 0.3 is 0 Å². The quantitative estimate of drug-likeness (QED) is 0.446. The van der Waals surface area contributed by atoms with E-state index in [9.17, 15) is 13.2 Å². The maximum Gasteiger partial charge on any atom is 0.264 e. The number of nitrogens with one attached hydrogen (secondary N) is 1. The first-order chi connectivity index (χ1) is 18.5. The molecule has 3 aromatic carbocycles. The van der Waals surface area contributed by atoms with Crippen molar-refractivity contribution in [2.24, 2.45) is 0 Å². The minimum absolute atomic E-state index is 0.106. The number of likely N-dealkylation sites (tertiary alicyclic amines) is 1. The van der Waals surface area contributed by atoms with Crippen molar-refractivity contribution in [2.45, 2.75) is 37.2 Å². The topological polar surface area (TPSA) is 88.2 Å². The number of hydrogen-bond donors (Lipinski definition) is 1. The SMILES string of the molecule is O=C(CN(c1ccc2c(c1)OCCO2)S(=O)(=O)c1ccccc1)NCc1ccccc1CN1CCCCC1. The predicted molar refractivity (Wildman–Crippen MR) is 146 cm³/mol. The Labute approximate surface area is 224 Å². The summed E-state index contributed by atoms with van der Waals surface area (Å²) in [7, 11) is -4.02. The van der Waals surface area contributed by atoms with Gasteiger partial charge in [-0.3, -0.25) is 14.0 Å². The van der Waals surface area contributed by atoms with Gasteiger partial charge in [-0.1, -0.05) is 48.9 Å². The van der Waals surface area contributed by atoms with Crippen molar-refractivity contribution in [2.75, 3.05) is 37.2 Å². The number of benzene rings is 3. The van der Waals surface area contributed by atoms with Crippen LogP contribution in [-0.4, -0.2) is 52.1 Å². The summed E-state index contributed by atoms with van der Waals surface area (Å²) in [6.45, 7) is 3.77. The third kappa shape index (κ3) is 6.11. The van der Waals surface area contributed by atoms with E-state index in [1.807, 2.05) is 18.2 Å². The summed E-state index contributed by atoms with van der Waals surface area (Å²) in [5, 5.41) is 2.94. The number of rotatable bonds is 9. The zero-order chi connectivity index (χ0) is 26.4. The van der Waals surface area contributed by atoms with Crippen LogP contribution in [0.3, 0.4) is 0 Å². The molecular formula is C29H33N3O5S. The first kappa shape index (κ1) is 26.1. The highest BCUT2D eigenvalue weighted by molar-refractivity contribution is 7.92. The Bertz CT molecular complexity index is 1360. The van der Waals surface area contributed by atoms with Crippen LogP contribution in [-0.2, 0) is 27.9 Å². The van der Waals surface area contributed by atoms with Gasteiger partial charge in [0.2, 0.25) is 5.91 Å². The van der Waals surface area contributed by atoms with Gasteiger partial charge in [0, 0.05) is 19.2 Å². The molecule has 0 aliphatic carbocycles. The molecule has 2 heterocycles. The fourth-order valence-corrected chi connectivity index (χ4v) is 6.28. The van der Waals surface area contributed by atoms with Crippen molar-refractivity contribution >= 4 is 21.6 Å². The molecule has 0 saturated carbocycles. The van der Waals surface area contributed by atoms with Gasteiger partial charge in [0.25, 0.3) is 10.0 Å². The summed E-state index contributed by atoms with van der Waals surface area (Å²) in [5.41, 5.74) is 2.54. The summed E-state index contributed by atoms with van der Waals surface area (Å²) in [4.78, 5) is 15.7. The lowest BCUT2D eigenvalue weighted by molar-refractivity contribution is -0.119. The molecule has 0 bridgehead atoms. The Morgan fingerprint density at radius 3 is 2.29 bits per heavy atom. The monoisotopic (exact) mass is 535 g/mol. The normalized spacial score (nSPS) is 15.6. The van der Waals surface area contributed by atoms with E-state index in [0.29, 0.717) is 36.9 Å². The minimum atomic E-state index is -4.02. The maximum atomic E-state index is 13.7. The highest BCUT2D eigenvalue weighted by Gasteiger charge is 2.28. The maximum absolute atomic E-state index is 13.7. The Balaban J connectivity index is 1.34. The lowest BCUT2D eigenvalue weighted by Gasteiger charge is -2.27. The number of ether oxygens (including phenoxy) is 2. The Morgan fingerprint density at radius 2 is 1.53 bits per heavy atom. The number of carbonyl (C=O) groups is 1. The van der Waals surface area contributed by atoms with E-state index >= 15 is 0 Å². The second-order valence-corrected chi connectivity index (χ2v) is 11.4. The molecule has 2 aliphatic heterocycles. The van der Waals surface area contributed by atoms with Crippen molar-refractivity contribution in [1.29, 1.82) is 0 Å². The van der Waals surface area contributed by atoms with Gasteiger partial charge < -0.3 is 14.8 Å². The first-order valence-electron chi connectivity index (χ1n) is 13.0. The van der Waals surface area contributed by atoms with Crippen LogP contribution in [0.1, 0.15) is 30.4 Å². The van der Waals surface area contributed by atoms with E-state index in [0.717, 1.165) is 29.5 Å². The second kappa shape index (κ2) is 11.9. The summed E-state index contributed by atoms with van der Waals surface area (Å²) >= 11 is 0. The van der Waals surface area contributed by atoms with Gasteiger partial charge in [-0.2, -0.15) is 0 Å². The highest BCUT2D eigenvalue weighted by atomic mass is 32.2. The Hall–Kier alpha value is -3.56. The average molecular weight is 536 g/mol. The second-order valence-electron chi connectivity index (χ2n) is 9.53. The van der Waals surface area contributed by atoms with Gasteiger partial charge in [-0.15, -0.1) is 0 Å². The molecule has 9 heteroatoms. The molecule has 1 amide bonds. The van der Waals surface area contributed by atoms with E-state index in [2.05, 4.69) is 16.3 Å². The molecule has 1 saturated heterocycles. The molecule has 0 atom stereocenters. The molecule has 38 heavy (non-hydrogen) atoms. The summed E-state index contributed by atoms with van der Waals surface area (Å²) < 4.78 is 39.7. The van der Waals surface area contributed by atoms with Crippen molar-refractivity contribution in [3.05, 3.63) is 83.9 Å². The molecule has 0 aromatic heterocycles. The first-order valence-corrected chi connectivity index (χ1v) is 14.5.